The minimum Gasteiger partial charge on any atom is -0.385 e. The van der Waals surface area contributed by atoms with Gasteiger partial charge in [-0.3, -0.25) is 19.7 Å². The lowest BCUT2D eigenvalue weighted by molar-refractivity contribution is -0.384. The maximum Gasteiger partial charge on any atom is 0.269 e. The average molecular weight is 435 g/mol. The van der Waals surface area contributed by atoms with Crippen molar-refractivity contribution in [1.82, 2.24) is 5.32 Å². The predicted octanol–water partition coefficient (Wildman–Crippen LogP) is 3.46. The number of nitro benzene ring substituents is 1. The number of rotatable bonds is 11. The molecule has 10 heteroatoms. The van der Waals surface area contributed by atoms with Gasteiger partial charge in [0.25, 0.3) is 11.6 Å². The van der Waals surface area contributed by atoms with Crippen molar-refractivity contribution in [3.8, 4) is 0 Å². The van der Waals surface area contributed by atoms with E-state index in [9.17, 15) is 19.7 Å². The number of nitrogens with zero attached hydrogens (tertiary/aromatic N) is 1. The first-order valence-corrected chi connectivity index (χ1v) is 9.63. The summed E-state index contributed by atoms with van der Waals surface area (Å²) in [6.07, 6.45) is 0.841. The van der Waals surface area contributed by atoms with E-state index in [-0.39, 0.29) is 28.9 Å². The summed E-state index contributed by atoms with van der Waals surface area (Å²) in [5.74, 6) is -0.499. The molecule has 0 heterocycles. The average Bonchev–Trinajstić information content (AvgIpc) is 2.71. The second kappa shape index (κ2) is 11.7. The molecule has 0 aliphatic carbocycles. The molecule has 9 nitrogen and oxygen atoms in total. The summed E-state index contributed by atoms with van der Waals surface area (Å²) in [5, 5.41) is 19.4. The van der Waals surface area contributed by atoms with Gasteiger partial charge in [-0.2, -0.15) is 0 Å². The number of ether oxygens (including phenoxy) is 1. The third-order valence-corrected chi connectivity index (χ3v) is 4.39. The lowest BCUT2D eigenvalue weighted by atomic mass is 10.2. The smallest absolute Gasteiger partial charge is 0.269 e. The Hall–Kier alpha value is -3.17. The lowest BCUT2D eigenvalue weighted by Crippen LogP contribution is -2.27. The maximum atomic E-state index is 12.1. The fraction of sp³-hybridized carbons (Fsp3) is 0.300. The molecule has 2 aromatic rings. The van der Waals surface area contributed by atoms with Crippen LogP contribution in [0.3, 0.4) is 0 Å². The topological polar surface area (TPSA) is 123 Å². The van der Waals surface area contributed by atoms with Crippen LogP contribution < -0.4 is 16.0 Å². The van der Waals surface area contributed by atoms with Gasteiger partial charge in [0.05, 0.1) is 22.1 Å². The minimum absolute atomic E-state index is 0.0251. The second-order valence-electron chi connectivity index (χ2n) is 6.33. The molecule has 0 aliphatic heterocycles. The van der Waals surface area contributed by atoms with Crippen LogP contribution in [-0.4, -0.2) is 43.5 Å². The normalized spacial score (nSPS) is 10.3. The highest BCUT2D eigenvalue weighted by molar-refractivity contribution is 6.34. The first kappa shape index (κ1) is 23.1. The SMILES string of the molecule is COCCNC(=O)c1ccc(NC(=O)CCCNc2ccc([N+](=O)[O-])cc2)cc1Cl. The number of benzene rings is 2. The molecule has 0 atom stereocenters. The Bertz CT molecular complexity index is 889. The van der Waals surface area contributed by atoms with Crippen molar-refractivity contribution in [1.29, 1.82) is 0 Å². The molecule has 0 aliphatic rings. The van der Waals surface area contributed by atoms with Gasteiger partial charge in [-0.25, -0.2) is 0 Å². The second-order valence-corrected chi connectivity index (χ2v) is 6.73. The van der Waals surface area contributed by atoms with Crippen LogP contribution in [0.1, 0.15) is 23.2 Å². The predicted molar refractivity (Wildman–Crippen MR) is 115 cm³/mol. The zero-order valence-electron chi connectivity index (χ0n) is 16.4. The molecule has 2 amide bonds. The largest absolute Gasteiger partial charge is 0.385 e. The van der Waals surface area contributed by atoms with Crippen LogP contribution in [0.25, 0.3) is 0 Å². The molecular weight excluding hydrogens is 412 g/mol. The Balaban J connectivity index is 1.75. The Morgan fingerprint density at radius 1 is 1.10 bits per heavy atom. The van der Waals surface area contributed by atoms with Crippen LogP contribution in [0, 0.1) is 10.1 Å². The van der Waals surface area contributed by atoms with Gasteiger partial charge in [0.15, 0.2) is 0 Å². The maximum absolute atomic E-state index is 12.1. The van der Waals surface area contributed by atoms with Crippen molar-refractivity contribution in [2.75, 3.05) is 37.4 Å². The highest BCUT2D eigenvalue weighted by Crippen LogP contribution is 2.21. The number of halogens is 1. The van der Waals surface area contributed by atoms with Crippen LogP contribution in [0.5, 0.6) is 0 Å². The Kier molecular flexibility index (Phi) is 9.04. The summed E-state index contributed by atoms with van der Waals surface area (Å²) < 4.78 is 4.88. The highest BCUT2D eigenvalue weighted by Gasteiger charge is 2.11. The first-order valence-electron chi connectivity index (χ1n) is 9.25. The molecule has 2 rings (SSSR count). The molecule has 160 valence electrons. The van der Waals surface area contributed by atoms with E-state index < -0.39 is 4.92 Å². The van der Waals surface area contributed by atoms with E-state index in [2.05, 4.69) is 16.0 Å². The summed E-state index contributed by atoms with van der Waals surface area (Å²) >= 11 is 6.15. The fourth-order valence-electron chi connectivity index (χ4n) is 2.55. The van der Waals surface area contributed by atoms with Crippen molar-refractivity contribution >= 4 is 40.5 Å². The van der Waals surface area contributed by atoms with Gasteiger partial charge in [-0.05, 0) is 36.8 Å². The number of carbonyl (C=O) groups excluding carboxylic acids is 2. The van der Waals surface area contributed by atoms with Crippen molar-refractivity contribution in [3.05, 3.63) is 63.2 Å². The third-order valence-electron chi connectivity index (χ3n) is 4.08. The van der Waals surface area contributed by atoms with Crippen molar-refractivity contribution in [3.63, 3.8) is 0 Å². The molecular formula is C20H23ClN4O5. The lowest BCUT2D eigenvalue weighted by Gasteiger charge is -2.10. The van der Waals surface area contributed by atoms with E-state index in [1.54, 1.807) is 31.4 Å². The molecule has 0 saturated carbocycles. The van der Waals surface area contributed by atoms with Gasteiger partial charge in [-0.1, -0.05) is 11.6 Å². The summed E-state index contributed by atoms with van der Waals surface area (Å²) in [6.45, 7) is 1.31. The van der Waals surface area contributed by atoms with E-state index in [0.717, 1.165) is 5.69 Å². The standard InChI is InChI=1S/C20H23ClN4O5/c1-30-12-11-23-20(27)17-9-6-15(13-18(17)21)24-19(26)3-2-10-22-14-4-7-16(8-5-14)25(28)29/h4-9,13,22H,2-3,10-12H2,1H3,(H,23,27)(H,24,26). The van der Waals surface area contributed by atoms with E-state index in [1.165, 1.54) is 18.2 Å². The van der Waals surface area contributed by atoms with Crippen LogP contribution in [-0.2, 0) is 9.53 Å². The van der Waals surface area contributed by atoms with Gasteiger partial charge in [-0.15, -0.1) is 0 Å². The summed E-state index contributed by atoms with van der Waals surface area (Å²) in [5.41, 5.74) is 1.59. The van der Waals surface area contributed by atoms with Gasteiger partial charge >= 0.3 is 0 Å². The van der Waals surface area contributed by atoms with Gasteiger partial charge < -0.3 is 20.7 Å². The number of amides is 2. The molecule has 0 fully saturated rings. The van der Waals surface area contributed by atoms with E-state index >= 15 is 0 Å². The Labute approximate surface area is 178 Å². The monoisotopic (exact) mass is 434 g/mol. The summed E-state index contributed by atoms with van der Waals surface area (Å²) in [4.78, 5) is 34.3. The van der Waals surface area contributed by atoms with Crippen molar-refractivity contribution in [2.24, 2.45) is 0 Å². The molecule has 0 aromatic heterocycles. The van der Waals surface area contributed by atoms with Gasteiger partial charge in [0.2, 0.25) is 5.91 Å². The van der Waals surface area contributed by atoms with Gasteiger partial charge in [0.1, 0.15) is 0 Å². The van der Waals surface area contributed by atoms with Crippen molar-refractivity contribution in [2.45, 2.75) is 12.8 Å². The number of carbonyl (C=O) groups is 2. The highest BCUT2D eigenvalue weighted by atomic mass is 35.5. The summed E-state index contributed by atoms with van der Waals surface area (Å²) in [6, 6.07) is 10.8. The summed E-state index contributed by atoms with van der Waals surface area (Å²) in [7, 11) is 1.54. The number of hydrogen-bond acceptors (Lipinski definition) is 6. The number of methoxy groups -OCH3 is 1. The van der Waals surface area contributed by atoms with Crippen LogP contribution in [0.4, 0.5) is 17.1 Å². The molecule has 3 N–H and O–H groups in total. The zero-order valence-corrected chi connectivity index (χ0v) is 17.2. The van der Waals surface area contributed by atoms with Crippen LogP contribution >= 0.6 is 11.6 Å². The number of hydrogen-bond donors (Lipinski definition) is 3. The first-order chi connectivity index (χ1) is 14.4. The molecule has 2 aromatic carbocycles. The minimum atomic E-state index is -0.458. The quantitative estimate of drug-likeness (QED) is 0.283. The Morgan fingerprint density at radius 3 is 2.43 bits per heavy atom. The van der Waals surface area contributed by atoms with Gasteiger partial charge in [0, 0.05) is 50.1 Å². The Morgan fingerprint density at radius 2 is 1.80 bits per heavy atom. The molecule has 0 spiro atoms. The number of nitro groups is 1. The van der Waals surface area contributed by atoms with Crippen LogP contribution in [0.15, 0.2) is 42.5 Å². The molecule has 0 bridgehead atoms. The third kappa shape index (κ3) is 7.34. The molecule has 0 unspecified atom stereocenters. The fourth-order valence-corrected chi connectivity index (χ4v) is 2.81. The molecule has 0 saturated heterocycles. The molecule has 0 radical (unpaired) electrons. The zero-order chi connectivity index (χ0) is 21.9. The van der Waals surface area contributed by atoms with E-state index in [0.29, 0.717) is 37.4 Å². The number of nitrogens with one attached hydrogen (secondary N) is 3. The number of non-ortho nitro benzene ring substituents is 1. The van der Waals surface area contributed by atoms with Crippen LogP contribution in [0.2, 0.25) is 5.02 Å². The molecule has 30 heavy (non-hydrogen) atoms. The van der Waals surface area contributed by atoms with E-state index in [1.807, 2.05) is 0 Å². The number of anilines is 2. The van der Waals surface area contributed by atoms with Crippen molar-refractivity contribution < 1.29 is 19.2 Å². The van der Waals surface area contributed by atoms with E-state index in [4.69, 9.17) is 16.3 Å².